The maximum absolute atomic E-state index is 3.61. The molecule has 2 aliphatic heterocycles. The van der Waals surface area contributed by atoms with Crippen LogP contribution in [0.4, 0.5) is 5.69 Å². The smallest absolute Gasteiger partial charge is 0.0401 e. The lowest BCUT2D eigenvalue weighted by molar-refractivity contribution is 0.504. The second kappa shape index (κ2) is 4.69. The van der Waals surface area contributed by atoms with E-state index in [1.807, 2.05) is 0 Å². The van der Waals surface area contributed by atoms with Crippen LogP contribution < -0.4 is 10.2 Å². The number of nitrogens with zero attached hydrogens (tertiary/aromatic N) is 1. The second-order valence-electron chi connectivity index (χ2n) is 5.46. The zero-order chi connectivity index (χ0) is 11.7. The molecule has 0 amide bonds. The molecule has 1 aromatic rings. The zero-order valence-electron chi connectivity index (χ0n) is 10.7. The molecule has 92 valence electrons. The first-order valence-electron chi connectivity index (χ1n) is 6.92. The Labute approximate surface area is 104 Å². The third-order valence-corrected chi connectivity index (χ3v) is 4.24. The number of aryl methyl sites for hydroxylation is 1. The molecule has 0 aromatic heterocycles. The van der Waals surface area contributed by atoms with Crippen molar-refractivity contribution >= 4 is 5.69 Å². The third-order valence-electron chi connectivity index (χ3n) is 4.24. The molecule has 2 atom stereocenters. The first-order valence-corrected chi connectivity index (χ1v) is 6.92. The minimum absolute atomic E-state index is 0.687. The fourth-order valence-corrected chi connectivity index (χ4v) is 3.19. The van der Waals surface area contributed by atoms with Crippen LogP contribution in [0.1, 0.15) is 31.7 Å². The van der Waals surface area contributed by atoms with Crippen LogP contribution in [0, 0.1) is 0 Å². The lowest BCUT2D eigenvalue weighted by atomic mass is 9.96. The fraction of sp³-hybridized carbons (Fsp3) is 0.600. The predicted molar refractivity (Wildman–Crippen MR) is 72.6 cm³/mol. The van der Waals surface area contributed by atoms with Gasteiger partial charge in [0.2, 0.25) is 0 Å². The zero-order valence-corrected chi connectivity index (χ0v) is 10.7. The maximum atomic E-state index is 3.61. The molecule has 2 heteroatoms. The minimum Gasteiger partial charge on any atom is -0.367 e. The van der Waals surface area contributed by atoms with Crippen molar-refractivity contribution in [2.75, 3.05) is 18.0 Å². The Bertz CT molecular complexity index is 382. The molecule has 0 aliphatic carbocycles. The van der Waals surface area contributed by atoms with Gasteiger partial charge in [0.25, 0.3) is 0 Å². The molecule has 2 aliphatic rings. The average Bonchev–Trinajstić information content (AvgIpc) is 2.86. The molecule has 0 spiro atoms. The van der Waals surface area contributed by atoms with Crippen LogP contribution in [0.2, 0.25) is 0 Å². The van der Waals surface area contributed by atoms with E-state index in [2.05, 4.69) is 41.4 Å². The van der Waals surface area contributed by atoms with Crippen LogP contribution in [0.15, 0.2) is 24.3 Å². The molecule has 1 N–H and O–H groups in total. The number of nitrogens with one attached hydrogen (secondary N) is 1. The van der Waals surface area contributed by atoms with E-state index in [0.29, 0.717) is 12.1 Å². The lowest BCUT2D eigenvalue weighted by Crippen LogP contribution is -2.44. The Morgan fingerprint density at radius 3 is 3.00 bits per heavy atom. The van der Waals surface area contributed by atoms with Crippen molar-refractivity contribution in [1.29, 1.82) is 0 Å². The van der Waals surface area contributed by atoms with Gasteiger partial charge in [-0.2, -0.15) is 0 Å². The molecule has 1 saturated heterocycles. The van der Waals surface area contributed by atoms with Crippen LogP contribution in [-0.4, -0.2) is 25.2 Å². The summed E-state index contributed by atoms with van der Waals surface area (Å²) in [5.41, 5.74) is 3.00. The maximum Gasteiger partial charge on any atom is 0.0401 e. The normalized spacial score (nSPS) is 28.2. The molecule has 1 aromatic carbocycles. The van der Waals surface area contributed by atoms with Gasteiger partial charge in [0.05, 0.1) is 0 Å². The van der Waals surface area contributed by atoms with Crippen molar-refractivity contribution < 1.29 is 0 Å². The van der Waals surface area contributed by atoms with Crippen LogP contribution in [0.25, 0.3) is 0 Å². The van der Waals surface area contributed by atoms with E-state index in [0.717, 1.165) is 0 Å². The summed E-state index contributed by atoms with van der Waals surface area (Å²) in [6, 6.07) is 10.3. The number of anilines is 1. The first-order chi connectivity index (χ1) is 8.34. The fourth-order valence-electron chi connectivity index (χ4n) is 3.19. The van der Waals surface area contributed by atoms with E-state index < -0.39 is 0 Å². The van der Waals surface area contributed by atoms with Crippen molar-refractivity contribution in [3.8, 4) is 0 Å². The number of rotatable bonds is 2. The summed E-state index contributed by atoms with van der Waals surface area (Å²) in [7, 11) is 0. The summed E-state index contributed by atoms with van der Waals surface area (Å²) >= 11 is 0. The second-order valence-corrected chi connectivity index (χ2v) is 5.46. The summed E-state index contributed by atoms with van der Waals surface area (Å²) < 4.78 is 0. The van der Waals surface area contributed by atoms with Crippen LogP contribution in [0.3, 0.4) is 0 Å². The minimum atomic E-state index is 0.687. The van der Waals surface area contributed by atoms with Crippen molar-refractivity contribution in [2.45, 2.75) is 44.7 Å². The highest BCUT2D eigenvalue weighted by Crippen LogP contribution is 2.30. The molecule has 1 fully saturated rings. The summed E-state index contributed by atoms with van der Waals surface area (Å²) in [5, 5.41) is 3.61. The number of hydrogen-bond acceptors (Lipinski definition) is 2. The third kappa shape index (κ3) is 2.19. The molecule has 0 radical (unpaired) electrons. The summed E-state index contributed by atoms with van der Waals surface area (Å²) in [6.07, 6.45) is 5.22. The molecular weight excluding hydrogens is 208 g/mol. The standard InChI is InChI=1S/C15H22N2/c1-12-8-9-13-5-2-3-7-15(13)17(12)11-14-6-4-10-16-14/h2-3,5,7,12,14,16H,4,6,8-11H2,1H3/t12?,14-/m0/s1. The Balaban J connectivity index is 1.81. The van der Waals surface area contributed by atoms with Gasteiger partial charge in [-0.1, -0.05) is 18.2 Å². The summed E-state index contributed by atoms with van der Waals surface area (Å²) in [5.74, 6) is 0. The number of hydrogen-bond donors (Lipinski definition) is 1. The molecule has 0 saturated carbocycles. The van der Waals surface area contributed by atoms with E-state index in [1.54, 1.807) is 0 Å². The van der Waals surface area contributed by atoms with E-state index in [4.69, 9.17) is 0 Å². The van der Waals surface area contributed by atoms with Crippen molar-refractivity contribution in [2.24, 2.45) is 0 Å². The number of para-hydroxylation sites is 1. The molecule has 0 bridgehead atoms. The van der Waals surface area contributed by atoms with E-state index >= 15 is 0 Å². The van der Waals surface area contributed by atoms with E-state index in [-0.39, 0.29) is 0 Å². The lowest BCUT2D eigenvalue weighted by Gasteiger charge is -2.38. The Kier molecular flexibility index (Phi) is 3.06. The van der Waals surface area contributed by atoms with E-state index in [1.165, 1.54) is 50.0 Å². The van der Waals surface area contributed by atoms with E-state index in [9.17, 15) is 0 Å². The molecule has 17 heavy (non-hydrogen) atoms. The predicted octanol–water partition coefficient (Wildman–Crippen LogP) is 2.58. The SMILES string of the molecule is CC1CCc2ccccc2N1C[C@@H]1CCCN1. The number of fused-ring (bicyclic) bond motifs is 1. The largest absolute Gasteiger partial charge is 0.367 e. The average molecular weight is 230 g/mol. The van der Waals surface area contributed by atoms with Gasteiger partial charge in [-0.05, 0) is 50.8 Å². The van der Waals surface area contributed by atoms with Gasteiger partial charge < -0.3 is 10.2 Å². The van der Waals surface area contributed by atoms with Gasteiger partial charge in [-0.15, -0.1) is 0 Å². The Morgan fingerprint density at radius 1 is 1.29 bits per heavy atom. The van der Waals surface area contributed by atoms with Crippen LogP contribution in [-0.2, 0) is 6.42 Å². The molecule has 3 rings (SSSR count). The van der Waals surface area contributed by atoms with Crippen molar-refractivity contribution in [3.63, 3.8) is 0 Å². The quantitative estimate of drug-likeness (QED) is 0.840. The Hall–Kier alpha value is -1.02. The molecule has 2 nitrogen and oxygen atoms in total. The highest BCUT2D eigenvalue weighted by atomic mass is 15.2. The monoisotopic (exact) mass is 230 g/mol. The van der Waals surface area contributed by atoms with Crippen LogP contribution in [0.5, 0.6) is 0 Å². The summed E-state index contributed by atoms with van der Waals surface area (Å²) in [4.78, 5) is 2.61. The van der Waals surface area contributed by atoms with Gasteiger partial charge in [-0.25, -0.2) is 0 Å². The van der Waals surface area contributed by atoms with Crippen LogP contribution >= 0.6 is 0 Å². The van der Waals surface area contributed by atoms with Gasteiger partial charge in [0.15, 0.2) is 0 Å². The highest BCUT2D eigenvalue weighted by molar-refractivity contribution is 5.56. The van der Waals surface area contributed by atoms with Gasteiger partial charge >= 0.3 is 0 Å². The Morgan fingerprint density at radius 2 is 2.18 bits per heavy atom. The van der Waals surface area contributed by atoms with Crippen molar-refractivity contribution in [3.05, 3.63) is 29.8 Å². The first kappa shape index (κ1) is 11.1. The highest BCUT2D eigenvalue weighted by Gasteiger charge is 2.26. The van der Waals surface area contributed by atoms with Crippen molar-refractivity contribution in [1.82, 2.24) is 5.32 Å². The van der Waals surface area contributed by atoms with Gasteiger partial charge in [0, 0.05) is 24.3 Å². The van der Waals surface area contributed by atoms with Gasteiger partial charge in [0.1, 0.15) is 0 Å². The summed E-state index contributed by atoms with van der Waals surface area (Å²) in [6.45, 7) is 4.75. The van der Waals surface area contributed by atoms with Gasteiger partial charge in [-0.3, -0.25) is 0 Å². The topological polar surface area (TPSA) is 15.3 Å². The molecule has 2 heterocycles. The molecular formula is C15H22N2. The molecule has 1 unspecified atom stereocenters. The number of benzene rings is 1.